The molecule has 31 heavy (non-hydrogen) atoms. The molecule has 0 saturated carbocycles. The summed E-state index contributed by atoms with van der Waals surface area (Å²) >= 11 is 2.80. The van der Waals surface area contributed by atoms with Gasteiger partial charge in [0.05, 0.1) is 18.0 Å². The average molecular weight is 458 g/mol. The summed E-state index contributed by atoms with van der Waals surface area (Å²) < 4.78 is 6.36. The molecule has 0 aliphatic rings. The van der Waals surface area contributed by atoms with Crippen LogP contribution in [-0.2, 0) is 4.79 Å². The lowest BCUT2D eigenvalue weighted by atomic mass is 10.3. The van der Waals surface area contributed by atoms with Crippen molar-refractivity contribution >= 4 is 45.5 Å². The van der Waals surface area contributed by atoms with Crippen molar-refractivity contribution < 1.29 is 9.53 Å². The molecule has 1 aromatic heterocycles. The molecule has 0 aliphatic carbocycles. The monoisotopic (exact) mass is 457 g/mol. The van der Waals surface area contributed by atoms with Gasteiger partial charge in [-0.3, -0.25) is 4.79 Å². The molecule has 0 aliphatic heterocycles. The van der Waals surface area contributed by atoms with E-state index in [1.165, 1.54) is 28.8 Å². The number of benzene rings is 2. The van der Waals surface area contributed by atoms with Crippen LogP contribution in [0, 0.1) is 0 Å². The number of aromatic nitrogens is 2. The first-order chi connectivity index (χ1) is 15.2. The van der Waals surface area contributed by atoms with Crippen molar-refractivity contribution in [1.29, 1.82) is 0 Å². The fourth-order valence-electron chi connectivity index (χ4n) is 2.82. The Morgan fingerprint density at radius 1 is 1.13 bits per heavy atom. The molecule has 1 heterocycles. The molecule has 7 nitrogen and oxygen atoms in total. The lowest BCUT2D eigenvalue weighted by Gasteiger charge is -2.19. The van der Waals surface area contributed by atoms with E-state index in [1.54, 1.807) is 0 Å². The van der Waals surface area contributed by atoms with E-state index in [0.717, 1.165) is 28.7 Å². The second-order valence-electron chi connectivity index (χ2n) is 6.68. The van der Waals surface area contributed by atoms with Gasteiger partial charge in [-0.1, -0.05) is 53.4 Å². The number of rotatable bonds is 12. The molecule has 0 radical (unpaired) electrons. The quantitative estimate of drug-likeness (QED) is 0.308. The summed E-state index contributed by atoms with van der Waals surface area (Å²) in [5.41, 5.74) is 2.02. The number of amides is 1. The lowest BCUT2D eigenvalue weighted by molar-refractivity contribution is -0.118. The Bertz CT molecular complexity index is 952. The molecule has 0 atom stereocenters. The molecular formula is C22H27N5O2S2. The normalized spacial score (nSPS) is 10.5. The van der Waals surface area contributed by atoms with Gasteiger partial charge in [0.15, 0.2) is 4.34 Å². The van der Waals surface area contributed by atoms with Crippen LogP contribution in [-0.4, -0.2) is 48.6 Å². The molecule has 0 bridgehead atoms. The number of nitrogens with one attached hydrogen (secondary N) is 2. The Labute approximate surface area is 191 Å². The second-order valence-corrected chi connectivity index (χ2v) is 8.88. The van der Waals surface area contributed by atoms with Gasteiger partial charge in [0.2, 0.25) is 11.0 Å². The van der Waals surface area contributed by atoms with E-state index in [4.69, 9.17) is 4.74 Å². The molecule has 2 aromatic carbocycles. The van der Waals surface area contributed by atoms with Gasteiger partial charge < -0.3 is 20.3 Å². The van der Waals surface area contributed by atoms with E-state index in [1.807, 2.05) is 49.4 Å². The molecule has 0 spiro atoms. The second kappa shape index (κ2) is 12.2. The summed E-state index contributed by atoms with van der Waals surface area (Å²) in [5.74, 6) is 1.09. The van der Waals surface area contributed by atoms with Crippen LogP contribution in [0.2, 0.25) is 0 Å². The number of ether oxygens (including phenoxy) is 1. The van der Waals surface area contributed by atoms with Gasteiger partial charge in [0, 0.05) is 25.8 Å². The summed E-state index contributed by atoms with van der Waals surface area (Å²) in [6.45, 7) is 4.07. The maximum Gasteiger partial charge on any atom is 0.230 e. The van der Waals surface area contributed by atoms with Gasteiger partial charge in [-0.25, -0.2) is 0 Å². The average Bonchev–Trinajstić information content (AvgIpc) is 3.24. The highest BCUT2D eigenvalue weighted by Gasteiger charge is 2.10. The van der Waals surface area contributed by atoms with Gasteiger partial charge in [-0.05, 0) is 37.6 Å². The third-order valence-electron chi connectivity index (χ3n) is 4.35. The number of para-hydroxylation sites is 3. The summed E-state index contributed by atoms with van der Waals surface area (Å²) in [5, 5.41) is 15.2. The van der Waals surface area contributed by atoms with E-state index in [9.17, 15) is 4.79 Å². The van der Waals surface area contributed by atoms with Gasteiger partial charge in [-0.2, -0.15) is 0 Å². The number of carbonyl (C=O) groups excluding carboxylic acids is 1. The highest BCUT2D eigenvalue weighted by Crippen LogP contribution is 2.31. The Kier molecular flexibility index (Phi) is 8.99. The summed E-state index contributed by atoms with van der Waals surface area (Å²) in [7, 11) is 2.06. The summed E-state index contributed by atoms with van der Waals surface area (Å²) in [6.07, 6.45) is 0.883. The predicted molar refractivity (Wildman–Crippen MR) is 129 cm³/mol. The van der Waals surface area contributed by atoms with Crippen molar-refractivity contribution in [3.05, 3.63) is 54.6 Å². The SMILES string of the molecule is CCOc1ccccc1Nc1nnc(SCC(=O)NCCCN(C)c2ccccc2)s1. The van der Waals surface area contributed by atoms with Crippen molar-refractivity contribution in [3.8, 4) is 5.75 Å². The predicted octanol–water partition coefficient (Wildman–Crippen LogP) is 4.42. The topological polar surface area (TPSA) is 79.4 Å². The zero-order chi connectivity index (χ0) is 21.9. The molecule has 2 N–H and O–H groups in total. The van der Waals surface area contributed by atoms with Crippen LogP contribution in [0.3, 0.4) is 0 Å². The Balaban J connectivity index is 1.37. The van der Waals surface area contributed by atoms with Crippen LogP contribution in [0.15, 0.2) is 58.9 Å². The van der Waals surface area contributed by atoms with Crippen molar-refractivity contribution in [1.82, 2.24) is 15.5 Å². The van der Waals surface area contributed by atoms with E-state index in [0.29, 0.717) is 24.0 Å². The number of hydrogen-bond donors (Lipinski definition) is 2. The third kappa shape index (κ3) is 7.45. The van der Waals surface area contributed by atoms with Crippen molar-refractivity contribution in [2.45, 2.75) is 17.7 Å². The molecule has 0 unspecified atom stereocenters. The number of thioether (sulfide) groups is 1. The zero-order valence-electron chi connectivity index (χ0n) is 17.7. The van der Waals surface area contributed by atoms with E-state index < -0.39 is 0 Å². The van der Waals surface area contributed by atoms with E-state index in [-0.39, 0.29) is 5.91 Å². The van der Waals surface area contributed by atoms with Crippen LogP contribution >= 0.6 is 23.1 Å². The molecule has 3 aromatic rings. The zero-order valence-corrected chi connectivity index (χ0v) is 19.3. The van der Waals surface area contributed by atoms with Gasteiger partial charge in [0.25, 0.3) is 0 Å². The number of anilines is 3. The van der Waals surface area contributed by atoms with Crippen LogP contribution in [0.5, 0.6) is 5.75 Å². The van der Waals surface area contributed by atoms with Gasteiger partial charge >= 0.3 is 0 Å². The maximum atomic E-state index is 12.1. The van der Waals surface area contributed by atoms with Crippen LogP contribution < -0.4 is 20.3 Å². The van der Waals surface area contributed by atoms with Gasteiger partial charge in [0.1, 0.15) is 5.75 Å². The highest BCUT2D eigenvalue weighted by atomic mass is 32.2. The number of carbonyl (C=O) groups is 1. The van der Waals surface area contributed by atoms with Crippen LogP contribution in [0.4, 0.5) is 16.5 Å². The minimum absolute atomic E-state index is 0.00114. The smallest absolute Gasteiger partial charge is 0.230 e. The Morgan fingerprint density at radius 2 is 1.90 bits per heavy atom. The van der Waals surface area contributed by atoms with Crippen LogP contribution in [0.1, 0.15) is 13.3 Å². The molecule has 164 valence electrons. The van der Waals surface area contributed by atoms with Gasteiger partial charge in [-0.15, -0.1) is 10.2 Å². The highest BCUT2D eigenvalue weighted by molar-refractivity contribution is 8.01. The lowest BCUT2D eigenvalue weighted by Crippen LogP contribution is -2.29. The number of hydrogen-bond acceptors (Lipinski definition) is 8. The van der Waals surface area contributed by atoms with Crippen molar-refractivity contribution in [2.24, 2.45) is 0 Å². The summed E-state index contributed by atoms with van der Waals surface area (Å²) in [6, 6.07) is 17.9. The minimum Gasteiger partial charge on any atom is -0.492 e. The Hall–Kier alpha value is -2.78. The molecule has 9 heteroatoms. The molecule has 1 amide bonds. The first kappa shape index (κ1) is 22.9. The molecule has 0 saturated heterocycles. The maximum absolute atomic E-state index is 12.1. The number of nitrogens with zero attached hydrogens (tertiary/aromatic N) is 3. The fraction of sp³-hybridized carbons (Fsp3) is 0.318. The molecule has 0 fully saturated rings. The summed E-state index contributed by atoms with van der Waals surface area (Å²) in [4.78, 5) is 14.3. The molecule has 3 rings (SSSR count). The minimum atomic E-state index is -0.00114. The van der Waals surface area contributed by atoms with E-state index in [2.05, 4.69) is 44.9 Å². The first-order valence-corrected chi connectivity index (χ1v) is 11.9. The van der Waals surface area contributed by atoms with Crippen molar-refractivity contribution in [3.63, 3.8) is 0 Å². The largest absolute Gasteiger partial charge is 0.492 e. The van der Waals surface area contributed by atoms with E-state index >= 15 is 0 Å². The standard InChI is InChI=1S/C22H27N5O2S2/c1-3-29-19-13-8-7-12-18(19)24-21-25-26-22(31-21)30-16-20(28)23-14-9-15-27(2)17-10-5-4-6-11-17/h4-8,10-13H,3,9,14-16H2,1-2H3,(H,23,28)(H,24,25). The Morgan fingerprint density at radius 3 is 2.71 bits per heavy atom. The third-order valence-corrected chi connectivity index (χ3v) is 6.32. The first-order valence-electron chi connectivity index (χ1n) is 10.1. The fourth-order valence-corrected chi connectivity index (χ4v) is 4.41. The molecular weight excluding hydrogens is 430 g/mol. The van der Waals surface area contributed by atoms with Crippen molar-refractivity contribution in [2.75, 3.05) is 42.7 Å². The van der Waals surface area contributed by atoms with Crippen LogP contribution in [0.25, 0.3) is 0 Å².